The minimum atomic E-state index is 0.455. The first-order valence-electron chi connectivity index (χ1n) is 5.49. The number of anilines is 2. The zero-order valence-electron chi connectivity index (χ0n) is 9.08. The number of halogens is 1. The Balaban J connectivity index is 1.90. The molecule has 0 aromatic carbocycles. The summed E-state index contributed by atoms with van der Waals surface area (Å²) in [7, 11) is 0. The maximum Gasteiger partial charge on any atom is 0.150 e. The topological polar surface area (TPSA) is 60.2 Å². The van der Waals surface area contributed by atoms with Gasteiger partial charge in [0.1, 0.15) is 5.15 Å². The normalized spacial score (nSPS) is 20.7. The summed E-state index contributed by atoms with van der Waals surface area (Å²) in [5.74, 6) is 1.20. The van der Waals surface area contributed by atoms with E-state index >= 15 is 0 Å². The Bertz CT molecular complexity index is 353. The highest BCUT2D eigenvalue weighted by atomic mass is 35.5. The number of nitrogen functional groups attached to an aromatic ring is 1. The van der Waals surface area contributed by atoms with Crippen LogP contribution in [0.1, 0.15) is 12.8 Å². The predicted molar refractivity (Wildman–Crippen MR) is 65.7 cm³/mol. The van der Waals surface area contributed by atoms with Gasteiger partial charge in [0, 0.05) is 13.2 Å². The molecule has 1 fully saturated rings. The molecule has 0 saturated carbocycles. The molecule has 3 N–H and O–H groups in total. The molecule has 4 nitrogen and oxygen atoms in total. The molecular formula is C11H16ClN3O. The fourth-order valence-electron chi connectivity index (χ4n) is 1.80. The van der Waals surface area contributed by atoms with E-state index < -0.39 is 0 Å². The number of aromatic nitrogens is 1. The van der Waals surface area contributed by atoms with E-state index in [0.717, 1.165) is 26.2 Å². The average Bonchev–Trinajstić information content (AvgIpc) is 2.32. The van der Waals surface area contributed by atoms with Crippen LogP contribution in [0.25, 0.3) is 0 Å². The van der Waals surface area contributed by atoms with Gasteiger partial charge in [-0.15, -0.1) is 0 Å². The minimum Gasteiger partial charge on any atom is -0.396 e. The first kappa shape index (κ1) is 11.5. The van der Waals surface area contributed by atoms with Gasteiger partial charge in [-0.1, -0.05) is 11.6 Å². The summed E-state index contributed by atoms with van der Waals surface area (Å²) in [6, 6.07) is 3.45. The number of pyridine rings is 1. The van der Waals surface area contributed by atoms with Gasteiger partial charge in [0.25, 0.3) is 0 Å². The summed E-state index contributed by atoms with van der Waals surface area (Å²) in [4.78, 5) is 4.15. The first-order chi connectivity index (χ1) is 7.75. The molecule has 88 valence electrons. The molecule has 1 unspecified atom stereocenters. The van der Waals surface area contributed by atoms with Crippen molar-refractivity contribution < 1.29 is 4.74 Å². The second-order valence-corrected chi connectivity index (χ2v) is 4.42. The SMILES string of the molecule is Nc1ccc(Cl)nc1NCC1CCCOC1. The second-order valence-electron chi connectivity index (χ2n) is 4.04. The van der Waals surface area contributed by atoms with E-state index in [9.17, 15) is 0 Å². The first-order valence-corrected chi connectivity index (χ1v) is 5.87. The number of nitrogens with two attached hydrogens (primary N) is 1. The van der Waals surface area contributed by atoms with Crippen molar-refractivity contribution in [1.82, 2.24) is 4.98 Å². The van der Waals surface area contributed by atoms with Crippen molar-refractivity contribution in [3.8, 4) is 0 Å². The summed E-state index contributed by atoms with van der Waals surface area (Å²) in [6.45, 7) is 2.53. The van der Waals surface area contributed by atoms with Gasteiger partial charge in [-0.05, 0) is 30.9 Å². The molecule has 1 aromatic rings. The van der Waals surface area contributed by atoms with E-state index in [0.29, 0.717) is 22.6 Å². The zero-order valence-corrected chi connectivity index (χ0v) is 9.83. The molecule has 1 saturated heterocycles. The molecule has 1 aliphatic heterocycles. The van der Waals surface area contributed by atoms with E-state index in [-0.39, 0.29) is 0 Å². The predicted octanol–water partition coefficient (Wildman–Crippen LogP) is 2.16. The highest BCUT2D eigenvalue weighted by Gasteiger charge is 2.14. The maximum atomic E-state index is 5.81. The van der Waals surface area contributed by atoms with Gasteiger partial charge < -0.3 is 15.8 Å². The molecule has 2 heterocycles. The van der Waals surface area contributed by atoms with Crippen molar-refractivity contribution in [2.45, 2.75) is 12.8 Å². The Labute approximate surface area is 100 Å². The number of hydrogen-bond donors (Lipinski definition) is 2. The molecular weight excluding hydrogens is 226 g/mol. The Morgan fingerprint density at radius 1 is 1.56 bits per heavy atom. The Hall–Kier alpha value is -1.00. The van der Waals surface area contributed by atoms with Crippen LogP contribution in [0.2, 0.25) is 5.15 Å². The molecule has 2 rings (SSSR count). The van der Waals surface area contributed by atoms with Crippen molar-refractivity contribution >= 4 is 23.1 Å². The molecule has 0 radical (unpaired) electrons. The van der Waals surface area contributed by atoms with Gasteiger partial charge >= 0.3 is 0 Å². The van der Waals surface area contributed by atoms with Crippen molar-refractivity contribution in [2.75, 3.05) is 30.8 Å². The third kappa shape index (κ3) is 3.00. The van der Waals surface area contributed by atoms with Crippen LogP contribution >= 0.6 is 11.6 Å². The molecule has 0 spiro atoms. The smallest absolute Gasteiger partial charge is 0.150 e. The lowest BCUT2D eigenvalue weighted by atomic mass is 10.0. The van der Waals surface area contributed by atoms with Crippen LogP contribution in [-0.4, -0.2) is 24.7 Å². The summed E-state index contributed by atoms with van der Waals surface area (Å²) >= 11 is 5.81. The van der Waals surface area contributed by atoms with E-state index in [1.54, 1.807) is 12.1 Å². The van der Waals surface area contributed by atoms with Crippen molar-refractivity contribution in [1.29, 1.82) is 0 Å². The largest absolute Gasteiger partial charge is 0.396 e. The van der Waals surface area contributed by atoms with Crippen molar-refractivity contribution in [3.05, 3.63) is 17.3 Å². The second kappa shape index (κ2) is 5.37. The molecule has 1 atom stereocenters. The standard InChI is InChI=1S/C11H16ClN3O/c12-10-4-3-9(13)11(15-10)14-6-8-2-1-5-16-7-8/h3-4,8H,1-2,5-7,13H2,(H,14,15). The van der Waals surface area contributed by atoms with Crippen LogP contribution in [0.3, 0.4) is 0 Å². The summed E-state index contributed by atoms with van der Waals surface area (Å²) in [5, 5.41) is 3.68. The molecule has 0 amide bonds. The Morgan fingerprint density at radius 2 is 2.44 bits per heavy atom. The zero-order chi connectivity index (χ0) is 11.4. The van der Waals surface area contributed by atoms with E-state index in [1.807, 2.05) is 0 Å². The number of ether oxygens (including phenoxy) is 1. The van der Waals surface area contributed by atoms with Crippen LogP contribution in [-0.2, 0) is 4.74 Å². The lowest BCUT2D eigenvalue weighted by Crippen LogP contribution is -2.24. The monoisotopic (exact) mass is 241 g/mol. The Kier molecular flexibility index (Phi) is 3.85. The number of nitrogens with zero attached hydrogens (tertiary/aromatic N) is 1. The van der Waals surface area contributed by atoms with E-state index in [2.05, 4.69) is 10.3 Å². The van der Waals surface area contributed by atoms with Crippen LogP contribution in [0.5, 0.6) is 0 Å². The summed E-state index contributed by atoms with van der Waals surface area (Å²) in [6.07, 6.45) is 2.32. The lowest BCUT2D eigenvalue weighted by Gasteiger charge is -2.22. The van der Waals surface area contributed by atoms with Crippen molar-refractivity contribution in [2.24, 2.45) is 5.92 Å². The van der Waals surface area contributed by atoms with E-state index in [1.165, 1.54) is 6.42 Å². The number of rotatable bonds is 3. The quantitative estimate of drug-likeness (QED) is 0.797. The van der Waals surface area contributed by atoms with Gasteiger partial charge in [-0.2, -0.15) is 0 Å². The summed E-state index contributed by atoms with van der Waals surface area (Å²) in [5.41, 5.74) is 6.42. The van der Waals surface area contributed by atoms with E-state index in [4.69, 9.17) is 22.1 Å². The number of nitrogens with one attached hydrogen (secondary N) is 1. The van der Waals surface area contributed by atoms with Crippen LogP contribution < -0.4 is 11.1 Å². The maximum absolute atomic E-state index is 5.81. The van der Waals surface area contributed by atoms with Gasteiger partial charge in [-0.25, -0.2) is 4.98 Å². The minimum absolute atomic E-state index is 0.455. The molecule has 0 bridgehead atoms. The van der Waals surface area contributed by atoms with Gasteiger partial charge in [0.05, 0.1) is 12.3 Å². The average molecular weight is 242 g/mol. The molecule has 1 aromatic heterocycles. The third-order valence-corrected chi connectivity index (χ3v) is 2.92. The van der Waals surface area contributed by atoms with Crippen LogP contribution in [0.4, 0.5) is 11.5 Å². The fraction of sp³-hybridized carbons (Fsp3) is 0.545. The summed E-state index contributed by atoms with van der Waals surface area (Å²) < 4.78 is 5.41. The lowest BCUT2D eigenvalue weighted by molar-refractivity contribution is 0.0595. The van der Waals surface area contributed by atoms with Crippen molar-refractivity contribution in [3.63, 3.8) is 0 Å². The van der Waals surface area contributed by atoms with Crippen LogP contribution in [0, 0.1) is 5.92 Å². The number of hydrogen-bond acceptors (Lipinski definition) is 4. The molecule has 1 aliphatic rings. The highest BCUT2D eigenvalue weighted by Crippen LogP contribution is 2.20. The highest BCUT2D eigenvalue weighted by molar-refractivity contribution is 6.29. The van der Waals surface area contributed by atoms with Crippen LogP contribution in [0.15, 0.2) is 12.1 Å². The molecule has 0 aliphatic carbocycles. The van der Waals surface area contributed by atoms with Gasteiger partial charge in [-0.3, -0.25) is 0 Å². The molecule has 16 heavy (non-hydrogen) atoms. The van der Waals surface area contributed by atoms with Gasteiger partial charge in [0.2, 0.25) is 0 Å². The fourth-order valence-corrected chi connectivity index (χ4v) is 1.94. The van der Waals surface area contributed by atoms with Gasteiger partial charge in [0.15, 0.2) is 5.82 Å². The Morgan fingerprint density at radius 3 is 3.19 bits per heavy atom. The molecule has 5 heteroatoms. The third-order valence-electron chi connectivity index (χ3n) is 2.71.